The summed E-state index contributed by atoms with van der Waals surface area (Å²) in [6, 6.07) is 5.79. The highest BCUT2D eigenvalue weighted by Gasteiger charge is 2.40. The first kappa shape index (κ1) is 18.5. The maximum atomic E-state index is 12.8. The van der Waals surface area contributed by atoms with Crippen LogP contribution in [-0.2, 0) is 9.59 Å². The molecule has 1 saturated heterocycles. The van der Waals surface area contributed by atoms with Gasteiger partial charge in [0.2, 0.25) is 11.8 Å². The van der Waals surface area contributed by atoms with E-state index in [-0.39, 0.29) is 11.8 Å². The normalized spacial score (nSPS) is 16.1. The first-order chi connectivity index (χ1) is 11.3. The van der Waals surface area contributed by atoms with E-state index in [1.807, 2.05) is 36.9 Å². The molecule has 1 N–H and O–H groups in total. The molecule has 0 radical (unpaired) electrons. The van der Waals surface area contributed by atoms with Crippen LogP contribution in [0.15, 0.2) is 18.2 Å². The van der Waals surface area contributed by atoms with Crippen molar-refractivity contribution in [3.63, 3.8) is 0 Å². The van der Waals surface area contributed by atoms with E-state index >= 15 is 0 Å². The fourth-order valence-electron chi connectivity index (χ4n) is 2.87. The molecule has 24 heavy (non-hydrogen) atoms. The number of anilines is 1. The van der Waals surface area contributed by atoms with Crippen LogP contribution in [0.3, 0.4) is 0 Å². The molecule has 1 aromatic rings. The fourth-order valence-corrected chi connectivity index (χ4v) is 2.87. The lowest BCUT2D eigenvalue weighted by Crippen LogP contribution is -2.54. The highest BCUT2D eigenvalue weighted by atomic mass is 16.2. The minimum atomic E-state index is -1.08. The van der Waals surface area contributed by atoms with E-state index < -0.39 is 5.41 Å². The Labute approximate surface area is 145 Å². The molecule has 0 aromatic heterocycles. The zero-order valence-corrected chi connectivity index (χ0v) is 15.5. The minimum absolute atomic E-state index is 0.0976. The monoisotopic (exact) mass is 331 g/mol. The Morgan fingerprint density at radius 2 is 1.71 bits per heavy atom. The van der Waals surface area contributed by atoms with Gasteiger partial charge in [0.25, 0.3) is 0 Å². The zero-order valence-electron chi connectivity index (χ0n) is 15.5. The lowest BCUT2D eigenvalue weighted by molar-refractivity contribution is -0.147. The van der Waals surface area contributed by atoms with Gasteiger partial charge in [0.15, 0.2) is 0 Å². The van der Waals surface area contributed by atoms with Gasteiger partial charge in [-0.05, 0) is 57.5 Å². The standard InChI is InChI=1S/C19H29N3O2/c1-6-21-9-11-22(12-10-21)18(24)19(4,5)17(23)20-16-8-7-14(2)15(3)13-16/h7-8,13H,6,9-12H2,1-5H3,(H,20,23). The summed E-state index contributed by atoms with van der Waals surface area (Å²) in [5, 5.41) is 2.89. The molecule has 5 nitrogen and oxygen atoms in total. The molecule has 1 heterocycles. The average Bonchev–Trinajstić information content (AvgIpc) is 2.57. The highest BCUT2D eigenvalue weighted by molar-refractivity contribution is 6.09. The molecule has 0 saturated carbocycles. The van der Waals surface area contributed by atoms with Crippen LogP contribution in [0.5, 0.6) is 0 Å². The minimum Gasteiger partial charge on any atom is -0.339 e. The maximum absolute atomic E-state index is 12.8. The van der Waals surface area contributed by atoms with E-state index in [4.69, 9.17) is 0 Å². The van der Waals surface area contributed by atoms with Gasteiger partial charge >= 0.3 is 0 Å². The SMILES string of the molecule is CCN1CCN(C(=O)C(C)(C)C(=O)Nc2ccc(C)c(C)c2)CC1. The summed E-state index contributed by atoms with van der Waals surface area (Å²) >= 11 is 0. The number of carbonyl (C=O) groups excluding carboxylic acids is 2. The topological polar surface area (TPSA) is 52.7 Å². The van der Waals surface area contributed by atoms with Gasteiger partial charge in [-0.3, -0.25) is 9.59 Å². The first-order valence-corrected chi connectivity index (χ1v) is 8.66. The number of hydrogen-bond donors (Lipinski definition) is 1. The molecule has 0 bridgehead atoms. The fraction of sp³-hybridized carbons (Fsp3) is 0.579. The van der Waals surface area contributed by atoms with E-state index in [2.05, 4.69) is 17.1 Å². The molecule has 2 rings (SSSR count). The molecule has 2 amide bonds. The van der Waals surface area contributed by atoms with Crippen molar-refractivity contribution in [2.24, 2.45) is 5.41 Å². The van der Waals surface area contributed by atoms with Crippen molar-refractivity contribution >= 4 is 17.5 Å². The van der Waals surface area contributed by atoms with E-state index in [1.165, 1.54) is 5.56 Å². The second kappa shape index (κ2) is 7.34. The zero-order chi connectivity index (χ0) is 17.9. The van der Waals surface area contributed by atoms with Crippen molar-refractivity contribution in [2.75, 3.05) is 38.0 Å². The summed E-state index contributed by atoms with van der Waals surface area (Å²) in [6.07, 6.45) is 0. The molecule has 1 aliphatic rings. The number of rotatable bonds is 4. The van der Waals surface area contributed by atoms with Crippen molar-refractivity contribution in [3.05, 3.63) is 29.3 Å². The lowest BCUT2D eigenvalue weighted by Gasteiger charge is -2.37. The predicted molar refractivity (Wildman–Crippen MR) is 97.0 cm³/mol. The van der Waals surface area contributed by atoms with E-state index in [1.54, 1.807) is 13.8 Å². The lowest BCUT2D eigenvalue weighted by atomic mass is 9.89. The summed E-state index contributed by atoms with van der Waals surface area (Å²) in [4.78, 5) is 29.6. The summed E-state index contributed by atoms with van der Waals surface area (Å²) in [5.41, 5.74) is 1.96. The number of piperazine rings is 1. The van der Waals surface area contributed by atoms with Crippen molar-refractivity contribution in [3.8, 4) is 0 Å². The molecular weight excluding hydrogens is 302 g/mol. The second-order valence-electron chi connectivity index (χ2n) is 7.10. The van der Waals surface area contributed by atoms with Crippen molar-refractivity contribution < 1.29 is 9.59 Å². The number of hydrogen-bond acceptors (Lipinski definition) is 3. The van der Waals surface area contributed by atoms with E-state index in [9.17, 15) is 9.59 Å². The van der Waals surface area contributed by atoms with Crippen molar-refractivity contribution in [1.29, 1.82) is 0 Å². The molecule has 0 unspecified atom stereocenters. The van der Waals surface area contributed by atoms with Crippen LogP contribution >= 0.6 is 0 Å². The molecule has 1 fully saturated rings. The number of nitrogens with zero attached hydrogens (tertiary/aromatic N) is 2. The number of aryl methyl sites for hydroxylation is 2. The molecule has 132 valence electrons. The van der Waals surface area contributed by atoms with Crippen LogP contribution < -0.4 is 5.32 Å². The number of nitrogens with one attached hydrogen (secondary N) is 1. The van der Waals surface area contributed by atoms with Crippen LogP contribution in [0, 0.1) is 19.3 Å². The Morgan fingerprint density at radius 3 is 2.25 bits per heavy atom. The van der Waals surface area contributed by atoms with E-state index in [0.29, 0.717) is 13.1 Å². The Morgan fingerprint density at radius 1 is 1.08 bits per heavy atom. The third kappa shape index (κ3) is 3.96. The van der Waals surface area contributed by atoms with Crippen LogP contribution in [0.1, 0.15) is 31.9 Å². The molecule has 0 spiro atoms. The summed E-state index contributed by atoms with van der Waals surface area (Å²) in [7, 11) is 0. The quantitative estimate of drug-likeness (QED) is 0.862. The molecule has 1 aromatic carbocycles. The second-order valence-corrected chi connectivity index (χ2v) is 7.10. The van der Waals surface area contributed by atoms with Gasteiger partial charge in [0.05, 0.1) is 0 Å². The van der Waals surface area contributed by atoms with Crippen LogP contribution in [0.25, 0.3) is 0 Å². The Balaban J connectivity index is 2.03. The van der Waals surface area contributed by atoms with Crippen molar-refractivity contribution in [2.45, 2.75) is 34.6 Å². The number of likely N-dealkylation sites (N-methyl/N-ethyl adjacent to an activating group) is 1. The number of benzene rings is 1. The largest absolute Gasteiger partial charge is 0.339 e. The third-order valence-electron chi connectivity index (χ3n) is 4.97. The molecule has 5 heteroatoms. The number of amides is 2. The third-order valence-corrected chi connectivity index (χ3v) is 4.97. The van der Waals surface area contributed by atoms with E-state index in [0.717, 1.165) is 30.9 Å². The van der Waals surface area contributed by atoms with Crippen LogP contribution in [-0.4, -0.2) is 54.3 Å². The Hall–Kier alpha value is -1.88. The van der Waals surface area contributed by atoms with Crippen LogP contribution in [0.4, 0.5) is 5.69 Å². The van der Waals surface area contributed by atoms with Gasteiger partial charge in [-0.25, -0.2) is 0 Å². The molecule has 1 aliphatic heterocycles. The van der Waals surface area contributed by atoms with Crippen LogP contribution in [0.2, 0.25) is 0 Å². The van der Waals surface area contributed by atoms with Gasteiger partial charge in [0.1, 0.15) is 5.41 Å². The summed E-state index contributed by atoms with van der Waals surface area (Å²) in [6.45, 7) is 13.7. The molecular formula is C19H29N3O2. The highest BCUT2D eigenvalue weighted by Crippen LogP contribution is 2.23. The predicted octanol–water partition coefficient (Wildman–Crippen LogP) is 2.43. The van der Waals surface area contributed by atoms with Gasteiger partial charge in [0, 0.05) is 31.9 Å². The van der Waals surface area contributed by atoms with Gasteiger partial charge in [-0.2, -0.15) is 0 Å². The molecule has 0 aliphatic carbocycles. The average molecular weight is 331 g/mol. The maximum Gasteiger partial charge on any atom is 0.239 e. The van der Waals surface area contributed by atoms with Gasteiger partial charge in [-0.15, -0.1) is 0 Å². The summed E-state index contributed by atoms with van der Waals surface area (Å²) < 4.78 is 0. The van der Waals surface area contributed by atoms with Gasteiger partial charge < -0.3 is 15.1 Å². The van der Waals surface area contributed by atoms with Crippen molar-refractivity contribution in [1.82, 2.24) is 9.80 Å². The summed E-state index contributed by atoms with van der Waals surface area (Å²) in [5.74, 6) is -0.353. The number of carbonyl (C=O) groups is 2. The molecule has 0 atom stereocenters. The Bertz CT molecular complexity index is 617. The van der Waals surface area contributed by atoms with Gasteiger partial charge in [-0.1, -0.05) is 13.0 Å². The smallest absolute Gasteiger partial charge is 0.239 e. The first-order valence-electron chi connectivity index (χ1n) is 8.66. The Kier molecular flexibility index (Phi) is 5.65.